The lowest BCUT2D eigenvalue weighted by Crippen LogP contribution is -2.49. The highest BCUT2D eigenvalue weighted by Crippen LogP contribution is 2.57. The fraction of sp³-hybridized carbons (Fsp3) is 0.441. The van der Waals surface area contributed by atoms with E-state index in [0.29, 0.717) is 35.8 Å². The van der Waals surface area contributed by atoms with Gasteiger partial charge in [-0.1, -0.05) is 39.8 Å². The molecule has 1 unspecified atom stereocenters. The van der Waals surface area contributed by atoms with Crippen LogP contribution in [0.2, 0.25) is 0 Å². The molecule has 0 radical (unpaired) electrons. The molecular weight excluding hydrogens is 504 g/mol. The zero-order chi connectivity index (χ0) is 29.1. The number of ketones is 1. The number of Topliss-reactive ketones (excluding diaryl/α,β-unsaturated/α-hetero) is 1. The Kier molecular flexibility index (Phi) is 7.01. The van der Waals surface area contributed by atoms with Crippen LogP contribution in [0.5, 0.6) is 23.0 Å². The van der Waals surface area contributed by atoms with Crippen molar-refractivity contribution in [2.75, 3.05) is 28.4 Å². The second-order valence-corrected chi connectivity index (χ2v) is 11.5. The number of carbonyl (C=O) groups is 1. The summed E-state index contributed by atoms with van der Waals surface area (Å²) in [6.45, 7) is 12.5. The third-order valence-corrected chi connectivity index (χ3v) is 8.33. The molecule has 0 saturated carbocycles. The topological polar surface area (TPSA) is 63.2 Å². The summed E-state index contributed by atoms with van der Waals surface area (Å²) >= 11 is 0. The monoisotopic (exact) mass is 544 g/mol. The average Bonchev–Trinajstić information content (AvgIpc) is 2.92. The molecule has 0 bridgehead atoms. The SMILES string of the molecule is COC1=C(C(C)C)c2cc(C)cc(OC)c2C2(CCc3c(c(OC)c(C(C)C)c4cc(C)cc(OC)c34)O2)C1=O. The van der Waals surface area contributed by atoms with Crippen LogP contribution in [0, 0.1) is 19.8 Å². The standard InChI is InChI=1S/C34H40O6/c1-17(2)26-22-13-19(5)15-24(36-7)28(22)21-11-12-34(40-30(21)31(26)38-9)29-23(14-20(6)16-25(29)37-8)27(18(3)4)32(39-10)33(34)35/h13-18H,11-12H2,1-10H3. The van der Waals surface area contributed by atoms with Crippen molar-refractivity contribution in [1.29, 1.82) is 0 Å². The largest absolute Gasteiger partial charge is 0.496 e. The fourth-order valence-corrected chi connectivity index (χ4v) is 6.78. The lowest BCUT2D eigenvalue weighted by molar-refractivity contribution is -0.136. The Bertz CT molecular complexity index is 1560. The van der Waals surface area contributed by atoms with Gasteiger partial charge >= 0.3 is 0 Å². The number of fused-ring (bicyclic) bond motifs is 5. The molecule has 1 atom stereocenters. The van der Waals surface area contributed by atoms with Crippen molar-refractivity contribution in [3.63, 3.8) is 0 Å². The summed E-state index contributed by atoms with van der Waals surface area (Å²) in [6, 6.07) is 8.33. The number of ether oxygens (including phenoxy) is 5. The van der Waals surface area contributed by atoms with Crippen molar-refractivity contribution < 1.29 is 28.5 Å². The van der Waals surface area contributed by atoms with Crippen LogP contribution >= 0.6 is 0 Å². The van der Waals surface area contributed by atoms with Gasteiger partial charge < -0.3 is 23.7 Å². The predicted octanol–water partition coefficient (Wildman–Crippen LogP) is 7.42. The molecule has 0 aromatic heterocycles. The molecule has 40 heavy (non-hydrogen) atoms. The van der Waals surface area contributed by atoms with E-state index in [4.69, 9.17) is 23.7 Å². The van der Waals surface area contributed by atoms with E-state index in [1.54, 1.807) is 28.4 Å². The fourth-order valence-electron chi connectivity index (χ4n) is 6.78. The minimum Gasteiger partial charge on any atom is -0.496 e. The summed E-state index contributed by atoms with van der Waals surface area (Å²) < 4.78 is 30.9. The Hall–Kier alpha value is -3.67. The molecular formula is C34H40O6. The summed E-state index contributed by atoms with van der Waals surface area (Å²) in [7, 11) is 6.58. The van der Waals surface area contributed by atoms with Gasteiger partial charge in [0.2, 0.25) is 11.4 Å². The molecule has 1 aliphatic heterocycles. The Morgan fingerprint density at radius 1 is 0.825 bits per heavy atom. The van der Waals surface area contributed by atoms with Gasteiger partial charge in [-0.25, -0.2) is 0 Å². The Morgan fingerprint density at radius 2 is 1.48 bits per heavy atom. The van der Waals surface area contributed by atoms with Gasteiger partial charge in [-0.05, 0) is 66.3 Å². The molecule has 0 N–H and O–H groups in total. The summed E-state index contributed by atoms with van der Waals surface area (Å²) in [5.74, 6) is 2.99. The van der Waals surface area contributed by atoms with Crippen LogP contribution in [-0.2, 0) is 21.6 Å². The Morgan fingerprint density at radius 3 is 2.05 bits per heavy atom. The highest BCUT2D eigenvalue weighted by atomic mass is 16.5. The predicted molar refractivity (Wildman–Crippen MR) is 158 cm³/mol. The van der Waals surface area contributed by atoms with Crippen LogP contribution < -0.4 is 18.9 Å². The maximum atomic E-state index is 14.6. The van der Waals surface area contributed by atoms with E-state index >= 15 is 0 Å². The lowest BCUT2D eigenvalue weighted by Gasteiger charge is -2.44. The molecule has 1 aliphatic carbocycles. The first kappa shape index (κ1) is 27.9. The lowest BCUT2D eigenvalue weighted by atomic mass is 9.70. The third-order valence-electron chi connectivity index (χ3n) is 8.33. The highest BCUT2D eigenvalue weighted by Gasteiger charge is 2.55. The minimum absolute atomic E-state index is 0.0518. The van der Waals surface area contributed by atoms with E-state index in [1.165, 1.54) is 0 Å². The van der Waals surface area contributed by atoms with Crippen molar-refractivity contribution in [3.8, 4) is 23.0 Å². The maximum Gasteiger partial charge on any atom is 0.245 e. The second-order valence-electron chi connectivity index (χ2n) is 11.5. The van der Waals surface area contributed by atoms with Gasteiger partial charge in [0.05, 0.1) is 34.0 Å². The third kappa shape index (κ3) is 3.87. The summed E-state index contributed by atoms with van der Waals surface area (Å²) in [6.07, 6.45) is 0.996. The summed E-state index contributed by atoms with van der Waals surface area (Å²) in [5, 5.41) is 2.09. The molecule has 5 rings (SSSR count). The number of carbonyl (C=O) groups excluding carboxylic acids is 1. The van der Waals surface area contributed by atoms with E-state index in [0.717, 1.165) is 55.5 Å². The van der Waals surface area contributed by atoms with E-state index in [-0.39, 0.29) is 17.6 Å². The first-order valence-electron chi connectivity index (χ1n) is 14.0. The molecule has 0 saturated heterocycles. The van der Waals surface area contributed by atoms with Crippen molar-refractivity contribution in [2.24, 2.45) is 5.92 Å². The van der Waals surface area contributed by atoms with Crippen LogP contribution in [0.1, 0.15) is 73.4 Å². The quantitative estimate of drug-likeness (QED) is 0.322. The highest BCUT2D eigenvalue weighted by molar-refractivity contribution is 6.11. The van der Waals surface area contributed by atoms with Crippen LogP contribution in [0.3, 0.4) is 0 Å². The maximum absolute atomic E-state index is 14.6. The summed E-state index contributed by atoms with van der Waals surface area (Å²) in [5.41, 5.74) is 5.38. The van der Waals surface area contributed by atoms with E-state index in [9.17, 15) is 4.79 Å². The number of benzene rings is 3. The normalized spacial score (nSPS) is 18.2. The number of methoxy groups -OCH3 is 4. The minimum atomic E-state index is -1.34. The first-order chi connectivity index (χ1) is 19.0. The van der Waals surface area contributed by atoms with Crippen molar-refractivity contribution in [2.45, 2.75) is 65.9 Å². The van der Waals surface area contributed by atoms with E-state index in [2.05, 4.69) is 52.8 Å². The molecule has 0 fully saturated rings. The van der Waals surface area contributed by atoms with Crippen molar-refractivity contribution >= 4 is 22.1 Å². The molecule has 212 valence electrons. The zero-order valence-corrected chi connectivity index (χ0v) is 25.3. The molecule has 3 aromatic rings. The van der Waals surface area contributed by atoms with Crippen LogP contribution in [0.15, 0.2) is 30.0 Å². The van der Waals surface area contributed by atoms with E-state index < -0.39 is 5.60 Å². The van der Waals surface area contributed by atoms with Crippen LogP contribution in [-0.4, -0.2) is 34.2 Å². The zero-order valence-electron chi connectivity index (χ0n) is 25.3. The van der Waals surface area contributed by atoms with Gasteiger partial charge in [-0.15, -0.1) is 0 Å². The van der Waals surface area contributed by atoms with Crippen LogP contribution in [0.25, 0.3) is 16.3 Å². The first-order valence-corrected chi connectivity index (χ1v) is 14.0. The molecule has 1 spiro atoms. The molecule has 2 aliphatic rings. The van der Waals surface area contributed by atoms with Gasteiger partial charge in [0, 0.05) is 28.5 Å². The van der Waals surface area contributed by atoms with Gasteiger partial charge in [0.1, 0.15) is 11.5 Å². The smallest absolute Gasteiger partial charge is 0.245 e. The van der Waals surface area contributed by atoms with Crippen molar-refractivity contribution in [1.82, 2.24) is 0 Å². The van der Waals surface area contributed by atoms with E-state index in [1.807, 2.05) is 13.0 Å². The molecule has 3 aromatic carbocycles. The number of allylic oxidation sites excluding steroid dienone is 1. The Labute approximate surface area is 237 Å². The Balaban J connectivity index is 1.90. The number of hydrogen-bond donors (Lipinski definition) is 0. The van der Waals surface area contributed by atoms with Gasteiger partial charge in [-0.2, -0.15) is 0 Å². The number of hydrogen-bond acceptors (Lipinski definition) is 6. The number of aryl methyl sites for hydroxylation is 3. The average molecular weight is 545 g/mol. The van der Waals surface area contributed by atoms with Crippen molar-refractivity contribution in [3.05, 3.63) is 63.4 Å². The van der Waals surface area contributed by atoms with Gasteiger partial charge in [0.25, 0.3) is 0 Å². The molecule has 6 heteroatoms. The van der Waals surface area contributed by atoms with Gasteiger partial charge in [-0.3, -0.25) is 4.79 Å². The number of rotatable bonds is 6. The second kappa shape index (κ2) is 10.1. The molecule has 6 nitrogen and oxygen atoms in total. The molecule has 0 amide bonds. The van der Waals surface area contributed by atoms with Crippen LogP contribution in [0.4, 0.5) is 0 Å². The summed E-state index contributed by atoms with van der Waals surface area (Å²) in [4.78, 5) is 14.6. The van der Waals surface area contributed by atoms with Gasteiger partial charge in [0.15, 0.2) is 17.3 Å². The molecule has 1 heterocycles.